The number of rotatable bonds is 1. The number of halogens is 1. The van der Waals surface area contributed by atoms with Crippen molar-refractivity contribution in [2.24, 2.45) is 0 Å². The second kappa shape index (κ2) is 4.58. The van der Waals surface area contributed by atoms with Crippen molar-refractivity contribution in [1.29, 1.82) is 5.26 Å². The molecule has 1 aliphatic heterocycles. The number of imide groups is 2. The quantitative estimate of drug-likeness (QED) is 0.792. The predicted octanol–water partition coefficient (Wildman–Crippen LogP) is 1.29. The molecule has 1 heterocycles. The molecule has 0 radical (unpaired) electrons. The lowest BCUT2D eigenvalue weighted by Crippen LogP contribution is -2.52. The average molecular weight is 308 g/mol. The highest BCUT2D eigenvalue weighted by molar-refractivity contribution is 9.10. The fraction of sp³-hybridized carbons (Fsp3) is 0.0909. The highest BCUT2D eigenvalue weighted by atomic mass is 79.9. The Hall–Kier alpha value is -2.20. The summed E-state index contributed by atoms with van der Waals surface area (Å²) < 4.78 is 0.472. The SMILES string of the molecule is N#Cc1ccc(N2C(=O)CC(=O)NC2=O)cc1Br. The molecule has 0 bridgehead atoms. The molecule has 1 fully saturated rings. The Kier molecular flexibility index (Phi) is 3.12. The number of carbonyl (C=O) groups excluding carboxylic acids is 3. The van der Waals surface area contributed by atoms with Crippen molar-refractivity contribution in [1.82, 2.24) is 5.32 Å². The molecule has 90 valence electrons. The van der Waals surface area contributed by atoms with Crippen LogP contribution in [0.25, 0.3) is 0 Å². The van der Waals surface area contributed by atoms with Crippen molar-refractivity contribution in [3.63, 3.8) is 0 Å². The third kappa shape index (κ3) is 2.10. The van der Waals surface area contributed by atoms with Crippen molar-refractivity contribution < 1.29 is 14.4 Å². The molecule has 1 saturated heterocycles. The Morgan fingerprint density at radius 1 is 1.33 bits per heavy atom. The molecule has 0 atom stereocenters. The van der Waals surface area contributed by atoms with Gasteiger partial charge in [0, 0.05) is 4.47 Å². The third-order valence-corrected chi connectivity index (χ3v) is 3.00. The second-order valence-corrected chi connectivity index (χ2v) is 4.39. The van der Waals surface area contributed by atoms with E-state index in [9.17, 15) is 14.4 Å². The van der Waals surface area contributed by atoms with Crippen LogP contribution in [0.2, 0.25) is 0 Å². The van der Waals surface area contributed by atoms with Crippen molar-refractivity contribution in [3.8, 4) is 6.07 Å². The van der Waals surface area contributed by atoms with Gasteiger partial charge in [-0.2, -0.15) is 5.26 Å². The van der Waals surface area contributed by atoms with Crippen LogP contribution >= 0.6 is 15.9 Å². The molecule has 1 aromatic carbocycles. The lowest BCUT2D eigenvalue weighted by atomic mass is 10.2. The van der Waals surface area contributed by atoms with Gasteiger partial charge in [0.25, 0.3) is 0 Å². The van der Waals surface area contributed by atoms with E-state index in [4.69, 9.17) is 5.26 Å². The van der Waals surface area contributed by atoms with E-state index >= 15 is 0 Å². The Morgan fingerprint density at radius 3 is 2.61 bits per heavy atom. The summed E-state index contributed by atoms with van der Waals surface area (Å²) in [6, 6.07) is 5.59. The topological polar surface area (TPSA) is 90.3 Å². The maximum absolute atomic E-state index is 11.6. The van der Waals surface area contributed by atoms with Gasteiger partial charge in [0.1, 0.15) is 12.5 Å². The van der Waals surface area contributed by atoms with Crippen LogP contribution < -0.4 is 10.2 Å². The van der Waals surface area contributed by atoms with Crippen molar-refractivity contribution in [3.05, 3.63) is 28.2 Å². The summed E-state index contributed by atoms with van der Waals surface area (Å²) in [5, 5.41) is 10.8. The monoisotopic (exact) mass is 307 g/mol. The zero-order chi connectivity index (χ0) is 13.3. The fourth-order valence-corrected chi connectivity index (χ4v) is 2.00. The minimum Gasteiger partial charge on any atom is -0.277 e. The summed E-state index contributed by atoms with van der Waals surface area (Å²) in [5.74, 6) is -1.21. The Morgan fingerprint density at radius 2 is 2.06 bits per heavy atom. The van der Waals surface area contributed by atoms with Crippen molar-refractivity contribution in [2.75, 3.05) is 4.90 Å². The van der Waals surface area contributed by atoms with Gasteiger partial charge in [0.15, 0.2) is 0 Å². The largest absolute Gasteiger partial charge is 0.335 e. The number of nitrogens with one attached hydrogen (secondary N) is 1. The molecule has 18 heavy (non-hydrogen) atoms. The number of urea groups is 1. The number of barbiturate groups is 1. The van der Waals surface area contributed by atoms with Crippen molar-refractivity contribution in [2.45, 2.75) is 6.42 Å². The summed E-state index contributed by atoms with van der Waals surface area (Å²) in [6.07, 6.45) is -0.372. The van der Waals surface area contributed by atoms with E-state index in [0.717, 1.165) is 4.90 Å². The van der Waals surface area contributed by atoms with E-state index in [1.807, 2.05) is 6.07 Å². The molecule has 4 amide bonds. The molecular formula is C11H6BrN3O3. The van der Waals surface area contributed by atoms with Gasteiger partial charge in [0.2, 0.25) is 11.8 Å². The molecule has 2 rings (SSSR count). The summed E-state index contributed by atoms with van der Waals surface area (Å²) >= 11 is 3.17. The lowest BCUT2D eigenvalue weighted by Gasteiger charge is -2.24. The maximum Gasteiger partial charge on any atom is 0.335 e. The first-order chi connectivity index (χ1) is 8.52. The normalized spacial score (nSPS) is 15.3. The number of hydrogen-bond acceptors (Lipinski definition) is 4. The molecule has 6 nitrogen and oxygen atoms in total. The number of carbonyl (C=O) groups is 3. The lowest BCUT2D eigenvalue weighted by molar-refractivity contribution is -0.128. The molecule has 0 aromatic heterocycles. The van der Waals surface area contributed by atoms with Crippen LogP contribution in [-0.4, -0.2) is 17.8 Å². The first-order valence-electron chi connectivity index (χ1n) is 4.89. The number of nitriles is 1. The van der Waals surface area contributed by atoms with Crippen molar-refractivity contribution >= 4 is 39.5 Å². The molecule has 0 aliphatic carbocycles. The minimum absolute atomic E-state index is 0.302. The van der Waals surface area contributed by atoms with E-state index in [1.54, 1.807) is 0 Å². The van der Waals surface area contributed by atoms with Crippen LogP contribution in [0.3, 0.4) is 0 Å². The maximum atomic E-state index is 11.6. The van der Waals surface area contributed by atoms with E-state index in [2.05, 4.69) is 21.2 Å². The average Bonchev–Trinajstić information content (AvgIpc) is 2.27. The smallest absolute Gasteiger partial charge is 0.277 e. The summed E-state index contributed by atoms with van der Waals surface area (Å²) in [6.45, 7) is 0. The number of amides is 4. The van der Waals surface area contributed by atoms with E-state index in [0.29, 0.717) is 15.7 Å². The van der Waals surface area contributed by atoms with Gasteiger partial charge in [-0.05, 0) is 34.1 Å². The number of nitrogens with zero attached hydrogens (tertiary/aromatic N) is 2. The molecule has 7 heteroatoms. The first-order valence-corrected chi connectivity index (χ1v) is 5.68. The number of anilines is 1. The third-order valence-electron chi connectivity index (χ3n) is 2.34. The van der Waals surface area contributed by atoms with Gasteiger partial charge in [-0.25, -0.2) is 9.69 Å². The summed E-state index contributed by atoms with van der Waals surface area (Å²) in [5.41, 5.74) is 0.690. The molecule has 0 saturated carbocycles. The van der Waals surface area contributed by atoms with Gasteiger partial charge >= 0.3 is 6.03 Å². The summed E-state index contributed by atoms with van der Waals surface area (Å²) in [7, 11) is 0. The molecular weight excluding hydrogens is 302 g/mol. The van der Waals surface area contributed by atoms with Crippen LogP contribution in [0.4, 0.5) is 10.5 Å². The predicted molar refractivity (Wildman–Crippen MR) is 64.5 cm³/mol. The van der Waals surface area contributed by atoms with E-state index in [1.165, 1.54) is 18.2 Å². The Bertz CT molecular complexity index is 586. The van der Waals surface area contributed by atoms with Crippen LogP contribution in [0, 0.1) is 11.3 Å². The van der Waals surface area contributed by atoms with Crippen LogP contribution in [-0.2, 0) is 9.59 Å². The van der Waals surface area contributed by atoms with E-state index < -0.39 is 17.8 Å². The molecule has 0 unspecified atom stereocenters. The second-order valence-electron chi connectivity index (χ2n) is 3.54. The van der Waals surface area contributed by atoms with Gasteiger partial charge in [0.05, 0.1) is 11.3 Å². The summed E-state index contributed by atoms with van der Waals surface area (Å²) in [4.78, 5) is 35.1. The molecule has 0 spiro atoms. The molecule has 1 N–H and O–H groups in total. The zero-order valence-electron chi connectivity index (χ0n) is 8.94. The van der Waals surface area contributed by atoms with Gasteiger partial charge in [-0.15, -0.1) is 0 Å². The zero-order valence-corrected chi connectivity index (χ0v) is 10.5. The fourth-order valence-electron chi connectivity index (χ4n) is 1.54. The standard InChI is InChI=1S/C11H6BrN3O3/c12-8-3-7(2-1-6(8)5-13)15-10(17)4-9(16)14-11(15)18/h1-3H,4H2,(H,14,16,18). The van der Waals surface area contributed by atoms with Crippen LogP contribution in [0.5, 0.6) is 0 Å². The van der Waals surface area contributed by atoms with Gasteiger partial charge in [-0.1, -0.05) is 0 Å². The number of hydrogen-bond donors (Lipinski definition) is 1. The number of benzene rings is 1. The van der Waals surface area contributed by atoms with Crippen LogP contribution in [0.15, 0.2) is 22.7 Å². The van der Waals surface area contributed by atoms with E-state index in [-0.39, 0.29) is 6.42 Å². The van der Waals surface area contributed by atoms with Crippen LogP contribution in [0.1, 0.15) is 12.0 Å². The van der Waals surface area contributed by atoms with Gasteiger partial charge < -0.3 is 0 Å². The highest BCUT2D eigenvalue weighted by Crippen LogP contribution is 2.25. The van der Waals surface area contributed by atoms with Gasteiger partial charge in [-0.3, -0.25) is 14.9 Å². The Labute approximate surface area is 110 Å². The minimum atomic E-state index is -0.784. The highest BCUT2D eigenvalue weighted by Gasteiger charge is 2.32. The Balaban J connectivity index is 2.40. The first kappa shape index (κ1) is 12.3. The molecule has 1 aliphatic rings. The molecule has 1 aromatic rings.